The third-order valence-corrected chi connectivity index (χ3v) is 5.97. The van der Waals surface area contributed by atoms with Crippen LogP contribution in [0.15, 0.2) is 42.5 Å². The summed E-state index contributed by atoms with van der Waals surface area (Å²) in [6.07, 6.45) is 2.09. The zero-order valence-corrected chi connectivity index (χ0v) is 18.7. The highest BCUT2D eigenvalue weighted by Crippen LogP contribution is 2.36. The second-order valence-corrected chi connectivity index (χ2v) is 8.17. The summed E-state index contributed by atoms with van der Waals surface area (Å²) in [5, 5.41) is 13.0. The van der Waals surface area contributed by atoms with Gasteiger partial charge >= 0.3 is 6.09 Å². The quantitative estimate of drug-likeness (QED) is 0.713. The van der Waals surface area contributed by atoms with E-state index >= 15 is 0 Å². The molecule has 2 heterocycles. The molecule has 7 nitrogen and oxygen atoms in total. The van der Waals surface area contributed by atoms with Gasteiger partial charge in [0.2, 0.25) is 0 Å². The monoisotopic (exact) mass is 440 g/mol. The van der Waals surface area contributed by atoms with E-state index in [4.69, 9.17) is 14.2 Å². The minimum atomic E-state index is -0.618. The van der Waals surface area contributed by atoms with Crippen LogP contribution in [0.2, 0.25) is 0 Å². The summed E-state index contributed by atoms with van der Waals surface area (Å²) in [4.78, 5) is 15.7. The molecule has 2 aromatic rings. The summed E-state index contributed by atoms with van der Waals surface area (Å²) in [7, 11) is 0. The molecule has 2 aromatic carbocycles. The molecule has 32 heavy (non-hydrogen) atoms. The van der Waals surface area contributed by atoms with Crippen LogP contribution >= 0.6 is 0 Å². The van der Waals surface area contributed by atoms with Gasteiger partial charge in [-0.3, -0.25) is 4.90 Å². The van der Waals surface area contributed by atoms with Crippen molar-refractivity contribution in [2.45, 2.75) is 19.4 Å². The normalized spacial score (nSPS) is 18.3. The van der Waals surface area contributed by atoms with E-state index in [1.54, 1.807) is 4.90 Å². The summed E-state index contributed by atoms with van der Waals surface area (Å²) in [5.74, 6) is 0.794. The van der Waals surface area contributed by atoms with Gasteiger partial charge in [0.15, 0.2) is 0 Å². The van der Waals surface area contributed by atoms with Crippen LogP contribution < -0.4 is 4.74 Å². The number of piperazine rings is 1. The number of amides is 1. The SMILES string of the molecule is CCOC(=O)N1CCN(CC(O)COc2ccc3ccccc3c2C2=CCOCC2)CC1. The molecule has 0 saturated carbocycles. The maximum Gasteiger partial charge on any atom is 0.409 e. The number of carbonyl (C=O) groups excluding carboxylic acids is 1. The van der Waals surface area contributed by atoms with Crippen LogP contribution in [0.25, 0.3) is 16.3 Å². The number of aliphatic hydroxyl groups excluding tert-OH is 1. The lowest BCUT2D eigenvalue weighted by atomic mass is 9.94. The number of hydrogen-bond donors (Lipinski definition) is 1. The van der Waals surface area contributed by atoms with Crippen molar-refractivity contribution in [3.63, 3.8) is 0 Å². The second kappa shape index (κ2) is 10.8. The average Bonchev–Trinajstić information content (AvgIpc) is 2.83. The summed E-state index contributed by atoms with van der Waals surface area (Å²) in [6.45, 7) is 6.87. The van der Waals surface area contributed by atoms with Crippen LogP contribution in [0, 0.1) is 0 Å². The number of carbonyl (C=O) groups is 1. The first-order chi connectivity index (χ1) is 15.7. The molecule has 172 valence electrons. The predicted octanol–water partition coefficient (Wildman–Crippen LogP) is 3.16. The summed E-state index contributed by atoms with van der Waals surface area (Å²) in [5.41, 5.74) is 2.33. The van der Waals surface area contributed by atoms with E-state index in [-0.39, 0.29) is 12.7 Å². The highest BCUT2D eigenvalue weighted by atomic mass is 16.6. The molecular formula is C25H32N2O5. The molecule has 1 fully saturated rings. The van der Waals surface area contributed by atoms with Crippen LogP contribution in [0.4, 0.5) is 4.79 Å². The molecule has 2 aliphatic heterocycles. The largest absolute Gasteiger partial charge is 0.490 e. The van der Waals surface area contributed by atoms with Crippen LogP contribution in [-0.2, 0) is 9.47 Å². The molecule has 0 aliphatic carbocycles. The van der Waals surface area contributed by atoms with Crippen LogP contribution in [0.3, 0.4) is 0 Å². The maximum atomic E-state index is 11.8. The van der Waals surface area contributed by atoms with Crippen molar-refractivity contribution >= 4 is 22.4 Å². The van der Waals surface area contributed by atoms with E-state index in [9.17, 15) is 9.90 Å². The molecule has 1 unspecified atom stereocenters. The van der Waals surface area contributed by atoms with Crippen molar-refractivity contribution in [1.82, 2.24) is 9.80 Å². The minimum absolute atomic E-state index is 0.215. The first-order valence-electron chi connectivity index (χ1n) is 11.4. The summed E-state index contributed by atoms with van der Waals surface area (Å²) < 4.78 is 16.7. The number of β-amino-alcohol motifs (C(OH)–C–C–N with tert-alkyl or cyclic N) is 1. The van der Waals surface area contributed by atoms with Gasteiger partial charge in [-0.05, 0) is 35.8 Å². The molecule has 0 spiro atoms. The number of rotatable bonds is 7. The maximum absolute atomic E-state index is 11.8. The van der Waals surface area contributed by atoms with E-state index in [2.05, 4.69) is 29.2 Å². The third kappa shape index (κ3) is 5.41. The smallest absolute Gasteiger partial charge is 0.409 e. The van der Waals surface area contributed by atoms with Gasteiger partial charge in [0.25, 0.3) is 0 Å². The number of aliphatic hydroxyl groups is 1. The Bertz CT molecular complexity index is 952. The Morgan fingerprint density at radius 2 is 1.97 bits per heavy atom. The number of benzene rings is 2. The highest BCUT2D eigenvalue weighted by molar-refractivity contribution is 5.96. The van der Waals surface area contributed by atoms with Crippen LogP contribution in [-0.4, -0.2) is 86.3 Å². The van der Waals surface area contributed by atoms with Crippen molar-refractivity contribution in [3.05, 3.63) is 48.0 Å². The van der Waals surface area contributed by atoms with Crippen molar-refractivity contribution in [2.24, 2.45) is 0 Å². The number of ether oxygens (including phenoxy) is 3. The summed E-state index contributed by atoms with van der Waals surface area (Å²) >= 11 is 0. The number of hydrogen-bond acceptors (Lipinski definition) is 6. The Kier molecular flexibility index (Phi) is 7.63. The van der Waals surface area contributed by atoms with E-state index in [1.165, 1.54) is 11.0 Å². The Morgan fingerprint density at radius 1 is 1.16 bits per heavy atom. The lowest BCUT2D eigenvalue weighted by molar-refractivity contribution is 0.0407. The summed E-state index contributed by atoms with van der Waals surface area (Å²) in [6, 6.07) is 12.4. The lowest BCUT2D eigenvalue weighted by Gasteiger charge is -2.34. The van der Waals surface area contributed by atoms with Gasteiger partial charge in [-0.15, -0.1) is 0 Å². The van der Waals surface area contributed by atoms with Gasteiger partial charge in [0.05, 0.1) is 19.8 Å². The minimum Gasteiger partial charge on any atom is -0.490 e. The second-order valence-electron chi connectivity index (χ2n) is 8.17. The van der Waals surface area contributed by atoms with Gasteiger partial charge in [0.1, 0.15) is 18.5 Å². The fraction of sp³-hybridized carbons (Fsp3) is 0.480. The van der Waals surface area contributed by atoms with Gasteiger partial charge in [-0.1, -0.05) is 36.4 Å². The molecule has 1 atom stereocenters. The van der Waals surface area contributed by atoms with E-state index < -0.39 is 6.10 Å². The molecule has 2 aliphatic rings. The van der Waals surface area contributed by atoms with E-state index in [0.29, 0.717) is 52.5 Å². The van der Waals surface area contributed by atoms with Crippen molar-refractivity contribution < 1.29 is 24.1 Å². The molecule has 4 rings (SSSR count). The zero-order valence-electron chi connectivity index (χ0n) is 18.7. The third-order valence-electron chi connectivity index (χ3n) is 5.97. The molecule has 1 saturated heterocycles. The van der Waals surface area contributed by atoms with Crippen LogP contribution in [0.1, 0.15) is 18.9 Å². The number of nitrogens with zero attached hydrogens (tertiary/aromatic N) is 2. The van der Waals surface area contributed by atoms with E-state index in [1.807, 2.05) is 25.1 Å². The van der Waals surface area contributed by atoms with Gasteiger partial charge in [-0.2, -0.15) is 0 Å². The van der Waals surface area contributed by atoms with Crippen LogP contribution in [0.5, 0.6) is 5.75 Å². The predicted molar refractivity (Wildman–Crippen MR) is 124 cm³/mol. The molecule has 1 amide bonds. The Morgan fingerprint density at radius 3 is 2.72 bits per heavy atom. The molecular weight excluding hydrogens is 408 g/mol. The average molecular weight is 441 g/mol. The first-order valence-corrected chi connectivity index (χ1v) is 11.4. The van der Waals surface area contributed by atoms with Crippen molar-refractivity contribution in [1.29, 1.82) is 0 Å². The van der Waals surface area contributed by atoms with Gasteiger partial charge < -0.3 is 24.2 Å². The van der Waals surface area contributed by atoms with Gasteiger partial charge in [0, 0.05) is 38.3 Å². The molecule has 0 aromatic heterocycles. The first kappa shape index (κ1) is 22.6. The van der Waals surface area contributed by atoms with Gasteiger partial charge in [-0.25, -0.2) is 4.79 Å². The zero-order chi connectivity index (χ0) is 22.3. The lowest BCUT2D eigenvalue weighted by Crippen LogP contribution is -2.51. The Hall–Kier alpha value is -2.61. The van der Waals surface area contributed by atoms with E-state index in [0.717, 1.165) is 23.1 Å². The molecule has 0 radical (unpaired) electrons. The standard InChI is InChI=1S/C25H32N2O5/c1-2-31-25(29)27-13-11-26(12-14-27)17-21(28)18-32-23-8-7-19-5-3-4-6-22(19)24(23)20-9-15-30-16-10-20/h3-9,21,28H,2,10-18H2,1H3. The molecule has 7 heteroatoms. The molecule has 1 N–H and O–H groups in total. The van der Waals surface area contributed by atoms with Crippen molar-refractivity contribution in [2.75, 3.05) is 59.2 Å². The fourth-order valence-corrected chi connectivity index (χ4v) is 4.32. The van der Waals surface area contributed by atoms with Crippen molar-refractivity contribution in [3.8, 4) is 5.75 Å². The Balaban J connectivity index is 1.38. The topological polar surface area (TPSA) is 71.5 Å². The molecule has 0 bridgehead atoms. The highest BCUT2D eigenvalue weighted by Gasteiger charge is 2.24. The Labute approximate surface area is 189 Å². The fourth-order valence-electron chi connectivity index (χ4n) is 4.32. The number of fused-ring (bicyclic) bond motifs is 1.